The van der Waals surface area contributed by atoms with E-state index in [0.717, 1.165) is 0 Å². The number of halogens is 2. The molecule has 2 aromatic rings. The Morgan fingerprint density at radius 1 is 1.21 bits per heavy atom. The maximum atomic E-state index is 12.8. The van der Waals surface area contributed by atoms with Crippen LogP contribution in [0.25, 0.3) is 0 Å². The average molecular weight is 432 g/mol. The number of aromatic nitrogens is 2. The van der Waals surface area contributed by atoms with Crippen LogP contribution in [0.1, 0.15) is 35.6 Å². The molecule has 0 saturated carbocycles. The van der Waals surface area contributed by atoms with Crippen LogP contribution in [0.2, 0.25) is 0 Å². The number of carbonyl (C=O) groups excluding carboxylic acids is 1. The minimum atomic E-state index is -3.72. The van der Waals surface area contributed by atoms with Gasteiger partial charge in [0.05, 0.1) is 17.1 Å². The molecule has 2 heterocycles. The first-order valence-electron chi connectivity index (χ1n) is 8.35. The number of amides is 1. The predicted molar refractivity (Wildman–Crippen MR) is 98.0 cm³/mol. The zero-order valence-corrected chi connectivity index (χ0v) is 16.6. The molecule has 3 rings (SSSR count). The van der Waals surface area contributed by atoms with Crippen LogP contribution in [0.15, 0.2) is 29.2 Å². The van der Waals surface area contributed by atoms with Gasteiger partial charge in [0, 0.05) is 18.7 Å². The molecule has 1 aliphatic rings. The molecule has 0 spiro atoms. The largest absolute Gasteiger partial charge is 0.373 e. The Morgan fingerprint density at radius 2 is 1.82 bits per heavy atom. The molecule has 0 radical (unpaired) electrons. The van der Waals surface area contributed by atoms with Crippen LogP contribution in [0.4, 0.5) is 13.9 Å². The number of hydrogen-bond acceptors (Lipinski definition) is 7. The van der Waals surface area contributed by atoms with Crippen LogP contribution < -0.4 is 5.32 Å². The van der Waals surface area contributed by atoms with E-state index in [1.165, 1.54) is 28.6 Å². The van der Waals surface area contributed by atoms with E-state index in [-0.39, 0.29) is 40.9 Å². The topological polar surface area (TPSA) is 101 Å². The van der Waals surface area contributed by atoms with Crippen LogP contribution >= 0.6 is 11.3 Å². The number of nitrogens with one attached hydrogen (secondary N) is 1. The molecular weight excluding hydrogens is 414 g/mol. The van der Waals surface area contributed by atoms with E-state index in [2.05, 4.69) is 15.5 Å². The Hall–Kier alpha value is -2.02. The lowest BCUT2D eigenvalue weighted by Gasteiger charge is -2.34. The van der Waals surface area contributed by atoms with Crippen molar-refractivity contribution in [3.8, 4) is 0 Å². The standard InChI is InChI=1S/C16H18F2N4O4S2/c1-9-7-22(8-10(2)26-9)28(24,25)12-5-3-11(4-6-12)14(23)19-16-21-20-15(27-16)13(17)18/h3-6,9-10,13H,7-8H2,1-2H3,(H,19,21,23)/t9-,10-/m1/s1. The van der Waals surface area contributed by atoms with Crippen molar-refractivity contribution in [3.63, 3.8) is 0 Å². The summed E-state index contributed by atoms with van der Waals surface area (Å²) in [7, 11) is -3.72. The average Bonchev–Trinajstić information content (AvgIpc) is 3.10. The Kier molecular flexibility index (Phi) is 6.03. The minimum absolute atomic E-state index is 0.0567. The normalized spacial score (nSPS) is 21.0. The van der Waals surface area contributed by atoms with Gasteiger partial charge in [-0.2, -0.15) is 4.31 Å². The van der Waals surface area contributed by atoms with Gasteiger partial charge in [0.15, 0.2) is 5.01 Å². The summed E-state index contributed by atoms with van der Waals surface area (Å²) in [5.74, 6) is -0.602. The van der Waals surface area contributed by atoms with Gasteiger partial charge < -0.3 is 4.74 Å². The van der Waals surface area contributed by atoms with E-state index in [9.17, 15) is 22.0 Å². The maximum Gasteiger partial charge on any atom is 0.291 e. The van der Waals surface area contributed by atoms with Crippen molar-refractivity contribution in [1.29, 1.82) is 0 Å². The van der Waals surface area contributed by atoms with Crippen molar-refractivity contribution >= 4 is 32.4 Å². The summed E-state index contributed by atoms with van der Waals surface area (Å²) in [5, 5.41) is 8.57. The Balaban J connectivity index is 1.72. The monoisotopic (exact) mass is 432 g/mol. The molecule has 28 heavy (non-hydrogen) atoms. The molecule has 2 atom stereocenters. The Bertz CT molecular complexity index is 940. The molecule has 152 valence electrons. The predicted octanol–water partition coefficient (Wildman–Crippen LogP) is 2.53. The SMILES string of the molecule is C[C@@H]1CN(S(=O)(=O)c2ccc(C(=O)Nc3nnc(C(F)F)s3)cc2)C[C@@H](C)O1. The minimum Gasteiger partial charge on any atom is -0.373 e. The van der Waals surface area contributed by atoms with Gasteiger partial charge in [-0.05, 0) is 38.1 Å². The summed E-state index contributed by atoms with van der Waals surface area (Å²) in [5.41, 5.74) is 0.163. The van der Waals surface area contributed by atoms with E-state index < -0.39 is 27.4 Å². The zero-order valence-electron chi connectivity index (χ0n) is 15.0. The highest BCUT2D eigenvalue weighted by Gasteiger charge is 2.32. The van der Waals surface area contributed by atoms with Crippen LogP contribution in [0, 0.1) is 0 Å². The Morgan fingerprint density at radius 3 is 2.36 bits per heavy atom. The third-order valence-electron chi connectivity index (χ3n) is 3.99. The van der Waals surface area contributed by atoms with Crippen molar-refractivity contribution in [2.75, 3.05) is 18.4 Å². The van der Waals surface area contributed by atoms with Gasteiger partial charge >= 0.3 is 0 Å². The lowest BCUT2D eigenvalue weighted by molar-refractivity contribution is -0.0440. The highest BCUT2D eigenvalue weighted by Crippen LogP contribution is 2.26. The summed E-state index contributed by atoms with van der Waals surface area (Å²) in [6.45, 7) is 4.11. The molecule has 0 aliphatic carbocycles. The molecular formula is C16H18F2N4O4S2. The van der Waals surface area contributed by atoms with Gasteiger partial charge in [-0.1, -0.05) is 11.3 Å². The fraction of sp³-hybridized carbons (Fsp3) is 0.438. The van der Waals surface area contributed by atoms with Crippen molar-refractivity contribution in [2.45, 2.75) is 37.4 Å². The first kappa shape index (κ1) is 20.7. The molecule has 1 aromatic carbocycles. The smallest absolute Gasteiger partial charge is 0.291 e. The quantitative estimate of drug-likeness (QED) is 0.779. The molecule has 1 aromatic heterocycles. The number of hydrogen-bond donors (Lipinski definition) is 1. The summed E-state index contributed by atoms with van der Waals surface area (Å²) in [6, 6.07) is 5.37. The number of benzene rings is 1. The second kappa shape index (κ2) is 8.15. The number of anilines is 1. The fourth-order valence-corrected chi connectivity index (χ4v) is 4.98. The molecule has 12 heteroatoms. The number of ether oxygens (including phenoxy) is 1. The molecule has 0 unspecified atom stereocenters. The third-order valence-corrected chi connectivity index (χ3v) is 6.68. The summed E-state index contributed by atoms with van der Waals surface area (Å²) < 4.78 is 57.6. The third kappa shape index (κ3) is 4.51. The molecule has 1 N–H and O–H groups in total. The van der Waals surface area contributed by atoms with E-state index >= 15 is 0 Å². The van der Waals surface area contributed by atoms with Crippen molar-refractivity contribution in [1.82, 2.24) is 14.5 Å². The van der Waals surface area contributed by atoms with Gasteiger partial charge in [-0.3, -0.25) is 10.1 Å². The number of sulfonamides is 1. The lowest BCUT2D eigenvalue weighted by Crippen LogP contribution is -2.48. The van der Waals surface area contributed by atoms with Crippen molar-refractivity contribution in [2.24, 2.45) is 0 Å². The lowest BCUT2D eigenvalue weighted by atomic mass is 10.2. The summed E-state index contributed by atoms with van der Waals surface area (Å²) in [4.78, 5) is 12.3. The molecule has 1 aliphatic heterocycles. The van der Waals surface area contributed by atoms with Gasteiger partial charge in [0.1, 0.15) is 0 Å². The number of alkyl halides is 2. The zero-order chi connectivity index (χ0) is 20.5. The molecule has 1 saturated heterocycles. The van der Waals surface area contributed by atoms with Crippen LogP contribution in [0.3, 0.4) is 0 Å². The molecule has 0 bridgehead atoms. The number of morpholine rings is 1. The van der Waals surface area contributed by atoms with Crippen LogP contribution in [-0.4, -0.2) is 54.1 Å². The highest BCUT2D eigenvalue weighted by molar-refractivity contribution is 7.89. The molecule has 1 fully saturated rings. The van der Waals surface area contributed by atoms with Crippen molar-refractivity contribution < 1.29 is 26.7 Å². The van der Waals surface area contributed by atoms with E-state index in [1.807, 2.05) is 0 Å². The van der Waals surface area contributed by atoms with Crippen molar-refractivity contribution in [3.05, 3.63) is 34.8 Å². The van der Waals surface area contributed by atoms with Gasteiger partial charge in [0.2, 0.25) is 15.2 Å². The van der Waals surface area contributed by atoms with E-state index in [0.29, 0.717) is 11.3 Å². The fourth-order valence-electron chi connectivity index (χ4n) is 2.80. The second-order valence-corrected chi connectivity index (χ2v) is 9.25. The van der Waals surface area contributed by atoms with Crippen LogP contribution in [0.5, 0.6) is 0 Å². The van der Waals surface area contributed by atoms with E-state index in [4.69, 9.17) is 4.74 Å². The number of nitrogens with zero attached hydrogens (tertiary/aromatic N) is 3. The maximum absolute atomic E-state index is 12.8. The first-order valence-corrected chi connectivity index (χ1v) is 10.6. The van der Waals surface area contributed by atoms with Gasteiger partial charge in [0.25, 0.3) is 12.3 Å². The Labute approximate surface area is 164 Å². The molecule has 8 nitrogen and oxygen atoms in total. The highest BCUT2D eigenvalue weighted by atomic mass is 32.2. The first-order chi connectivity index (χ1) is 13.2. The number of rotatable bonds is 5. The van der Waals surface area contributed by atoms with E-state index in [1.54, 1.807) is 13.8 Å². The molecule has 1 amide bonds. The summed E-state index contributed by atoms with van der Waals surface area (Å²) >= 11 is 0.572. The second-order valence-electron chi connectivity index (χ2n) is 6.30. The number of carbonyl (C=O) groups is 1. The van der Waals surface area contributed by atoms with Gasteiger partial charge in [-0.25, -0.2) is 17.2 Å². The van der Waals surface area contributed by atoms with Gasteiger partial charge in [-0.15, -0.1) is 10.2 Å². The van der Waals surface area contributed by atoms with Crippen LogP contribution in [-0.2, 0) is 14.8 Å². The summed E-state index contributed by atoms with van der Waals surface area (Å²) in [6.07, 6.45) is -3.19.